The van der Waals surface area contributed by atoms with Gasteiger partial charge in [-0.3, -0.25) is 4.98 Å². The topological polar surface area (TPSA) is 49.2 Å². The molecule has 1 aliphatic carbocycles. The van der Waals surface area contributed by atoms with Crippen LogP contribution >= 0.6 is 0 Å². The Labute approximate surface area is 90.0 Å². The van der Waals surface area contributed by atoms with Crippen LogP contribution in [0, 0.1) is 0 Å². The molecule has 15 heavy (non-hydrogen) atoms. The van der Waals surface area contributed by atoms with Gasteiger partial charge < -0.3 is 10.0 Å². The Morgan fingerprint density at radius 3 is 2.87 bits per heavy atom. The zero-order chi connectivity index (χ0) is 10.7. The smallest absolute Gasteiger partial charge is 0.147 e. The van der Waals surface area contributed by atoms with E-state index in [0.29, 0.717) is 11.7 Å². The van der Waals surface area contributed by atoms with Crippen molar-refractivity contribution in [1.29, 1.82) is 0 Å². The van der Waals surface area contributed by atoms with Crippen LogP contribution in [0.3, 0.4) is 0 Å². The largest absolute Gasteiger partial charge is 0.390 e. The van der Waals surface area contributed by atoms with E-state index in [1.165, 1.54) is 12.8 Å². The summed E-state index contributed by atoms with van der Waals surface area (Å²) in [5, 5.41) is 9.01. The molecule has 4 heteroatoms. The van der Waals surface area contributed by atoms with Gasteiger partial charge in [-0.05, 0) is 19.3 Å². The summed E-state index contributed by atoms with van der Waals surface area (Å²) in [4.78, 5) is 10.8. The van der Waals surface area contributed by atoms with Crippen LogP contribution in [-0.2, 0) is 6.61 Å². The van der Waals surface area contributed by atoms with Gasteiger partial charge in [-0.1, -0.05) is 6.92 Å². The summed E-state index contributed by atoms with van der Waals surface area (Å²) in [6.45, 7) is 3.15. The first-order valence-electron chi connectivity index (χ1n) is 5.53. The number of aromatic nitrogens is 2. The van der Waals surface area contributed by atoms with E-state index >= 15 is 0 Å². The Morgan fingerprint density at radius 2 is 2.27 bits per heavy atom. The lowest BCUT2D eigenvalue weighted by molar-refractivity contribution is 0.276. The Morgan fingerprint density at radius 1 is 1.47 bits per heavy atom. The van der Waals surface area contributed by atoms with Crippen molar-refractivity contribution in [2.45, 2.75) is 38.8 Å². The molecule has 1 aromatic heterocycles. The van der Waals surface area contributed by atoms with E-state index in [1.54, 1.807) is 12.4 Å². The third-order valence-electron chi connectivity index (χ3n) is 2.58. The lowest BCUT2D eigenvalue weighted by Crippen LogP contribution is -2.27. The van der Waals surface area contributed by atoms with E-state index in [0.717, 1.165) is 18.8 Å². The highest BCUT2D eigenvalue weighted by Crippen LogP contribution is 2.30. The first-order valence-corrected chi connectivity index (χ1v) is 5.53. The number of nitrogens with zero attached hydrogens (tertiary/aromatic N) is 3. The maximum atomic E-state index is 9.01. The number of rotatable bonds is 5. The number of hydrogen-bond acceptors (Lipinski definition) is 4. The molecule has 0 spiro atoms. The molecule has 1 aliphatic rings. The van der Waals surface area contributed by atoms with Crippen LogP contribution in [0.2, 0.25) is 0 Å². The van der Waals surface area contributed by atoms with Crippen LogP contribution in [0.5, 0.6) is 0 Å². The minimum Gasteiger partial charge on any atom is -0.390 e. The molecule has 1 N–H and O–H groups in total. The monoisotopic (exact) mass is 207 g/mol. The van der Waals surface area contributed by atoms with E-state index < -0.39 is 0 Å². The lowest BCUT2D eigenvalue weighted by Gasteiger charge is -2.22. The summed E-state index contributed by atoms with van der Waals surface area (Å²) in [5.74, 6) is 0.908. The second-order valence-electron chi connectivity index (χ2n) is 3.95. The van der Waals surface area contributed by atoms with Gasteiger partial charge in [0, 0.05) is 12.6 Å². The SMILES string of the molecule is CCCN(c1cncc(CO)n1)C1CC1. The van der Waals surface area contributed by atoms with E-state index in [-0.39, 0.29) is 6.61 Å². The second kappa shape index (κ2) is 4.57. The number of hydrogen-bond donors (Lipinski definition) is 1. The third-order valence-corrected chi connectivity index (χ3v) is 2.58. The Balaban J connectivity index is 2.16. The number of aliphatic hydroxyl groups excluding tert-OH is 1. The maximum Gasteiger partial charge on any atom is 0.147 e. The normalized spacial score (nSPS) is 15.3. The van der Waals surface area contributed by atoms with Crippen molar-refractivity contribution < 1.29 is 5.11 Å². The van der Waals surface area contributed by atoms with Crippen LogP contribution in [-0.4, -0.2) is 27.7 Å². The van der Waals surface area contributed by atoms with E-state index in [4.69, 9.17) is 5.11 Å². The molecule has 0 bridgehead atoms. The van der Waals surface area contributed by atoms with Crippen molar-refractivity contribution in [2.75, 3.05) is 11.4 Å². The van der Waals surface area contributed by atoms with Gasteiger partial charge in [0.15, 0.2) is 0 Å². The van der Waals surface area contributed by atoms with Gasteiger partial charge in [0.2, 0.25) is 0 Å². The average Bonchev–Trinajstić information content (AvgIpc) is 3.10. The van der Waals surface area contributed by atoms with E-state index in [1.807, 2.05) is 0 Å². The van der Waals surface area contributed by atoms with Gasteiger partial charge in [0.05, 0.1) is 24.7 Å². The first kappa shape index (κ1) is 10.4. The zero-order valence-electron chi connectivity index (χ0n) is 9.06. The summed E-state index contributed by atoms with van der Waals surface area (Å²) in [6.07, 6.45) is 7.02. The fourth-order valence-electron chi connectivity index (χ4n) is 1.72. The van der Waals surface area contributed by atoms with Gasteiger partial charge in [-0.25, -0.2) is 4.98 Å². The molecule has 0 aliphatic heterocycles. The Hall–Kier alpha value is -1.16. The summed E-state index contributed by atoms with van der Waals surface area (Å²) in [5.41, 5.74) is 0.647. The molecule has 0 amide bonds. The van der Waals surface area contributed by atoms with Crippen LogP contribution in [0.25, 0.3) is 0 Å². The van der Waals surface area contributed by atoms with Crippen molar-refractivity contribution in [2.24, 2.45) is 0 Å². The molecule has 1 heterocycles. The lowest BCUT2D eigenvalue weighted by atomic mass is 10.4. The minimum absolute atomic E-state index is 0.0362. The molecule has 0 radical (unpaired) electrons. The average molecular weight is 207 g/mol. The van der Waals surface area contributed by atoms with E-state index in [9.17, 15) is 0 Å². The molecule has 82 valence electrons. The van der Waals surface area contributed by atoms with Crippen LogP contribution in [0.4, 0.5) is 5.82 Å². The summed E-state index contributed by atoms with van der Waals surface area (Å²) in [7, 11) is 0. The Bertz CT molecular complexity index is 325. The molecule has 1 fully saturated rings. The van der Waals surface area contributed by atoms with E-state index in [2.05, 4.69) is 21.8 Å². The van der Waals surface area contributed by atoms with Gasteiger partial charge in [-0.2, -0.15) is 0 Å². The van der Waals surface area contributed by atoms with Crippen molar-refractivity contribution in [3.63, 3.8) is 0 Å². The highest BCUT2D eigenvalue weighted by molar-refractivity contribution is 5.39. The highest BCUT2D eigenvalue weighted by atomic mass is 16.3. The molecule has 2 rings (SSSR count). The van der Waals surface area contributed by atoms with Crippen LogP contribution in [0.1, 0.15) is 31.9 Å². The molecular weight excluding hydrogens is 190 g/mol. The fraction of sp³-hybridized carbons (Fsp3) is 0.636. The Kier molecular flexibility index (Phi) is 3.16. The predicted octanol–water partition coefficient (Wildman–Crippen LogP) is 1.35. The quantitative estimate of drug-likeness (QED) is 0.791. The molecule has 0 aromatic carbocycles. The molecular formula is C11H17N3O. The van der Waals surface area contributed by atoms with Crippen molar-refractivity contribution in [3.05, 3.63) is 18.1 Å². The number of aliphatic hydroxyl groups is 1. The molecule has 1 aromatic rings. The van der Waals surface area contributed by atoms with Crippen molar-refractivity contribution >= 4 is 5.82 Å². The third kappa shape index (κ3) is 2.45. The van der Waals surface area contributed by atoms with Gasteiger partial charge in [0.25, 0.3) is 0 Å². The summed E-state index contributed by atoms with van der Waals surface area (Å²) >= 11 is 0. The molecule has 1 saturated carbocycles. The highest BCUT2D eigenvalue weighted by Gasteiger charge is 2.29. The fourth-order valence-corrected chi connectivity index (χ4v) is 1.72. The van der Waals surface area contributed by atoms with Crippen molar-refractivity contribution in [3.8, 4) is 0 Å². The second-order valence-corrected chi connectivity index (χ2v) is 3.95. The zero-order valence-corrected chi connectivity index (χ0v) is 9.06. The molecule has 0 atom stereocenters. The van der Waals surface area contributed by atoms with Crippen LogP contribution < -0.4 is 4.90 Å². The minimum atomic E-state index is -0.0362. The number of anilines is 1. The van der Waals surface area contributed by atoms with Gasteiger partial charge >= 0.3 is 0 Å². The van der Waals surface area contributed by atoms with Gasteiger partial charge in [-0.15, -0.1) is 0 Å². The predicted molar refractivity (Wildman–Crippen MR) is 58.6 cm³/mol. The standard InChI is InChI=1S/C11H17N3O/c1-2-5-14(10-3-4-10)11-7-12-6-9(8-15)13-11/h6-7,10,15H,2-5,8H2,1H3. The molecule has 4 nitrogen and oxygen atoms in total. The van der Waals surface area contributed by atoms with Crippen molar-refractivity contribution in [1.82, 2.24) is 9.97 Å². The molecule has 0 unspecified atom stereocenters. The summed E-state index contributed by atoms with van der Waals surface area (Å²) in [6, 6.07) is 0.646. The first-order chi connectivity index (χ1) is 7.35. The summed E-state index contributed by atoms with van der Waals surface area (Å²) < 4.78 is 0. The molecule has 0 saturated heterocycles. The van der Waals surface area contributed by atoms with Crippen LogP contribution in [0.15, 0.2) is 12.4 Å². The van der Waals surface area contributed by atoms with Gasteiger partial charge in [0.1, 0.15) is 5.82 Å². The maximum absolute atomic E-state index is 9.01.